The average Bonchev–Trinajstić information content (AvgIpc) is 2.78. The number of hydrogen-bond donors (Lipinski definition) is 0. The lowest BCUT2D eigenvalue weighted by atomic mass is 10.0. The molecule has 3 heteroatoms. The first kappa shape index (κ1) is 11.2. The molecule has 1 aromatic rings. The third kappa shape index (κ3) is 2.61. The van der Waals surface area contributed by atoms with Crippen molar-refractivity contribution in [2.45, 2.75) is 39.0 Å². The van der Waals surface area contributed by atoms with Gasteiger partial charge in [-0.2, -0.15) is 0 Å². The van der Waals surface area contributed by atoms with Crippen molar-refractivity contribution >= 4 is 28.7 Å². The molecular formula is C12H15ClOS. The van der Waals surface area contributed by atoms with Crippen LogP contribution in [-0.4, -0.2) is 5.78 Å². The van der Waals surface area contributed by atoms with Crippen molar-refractivity contribution in [3.63, 3.8) is 0 Å². The summed E-state index contributed by atoms with van der Waals surface area (Å²) in [5.41, 5.74) is 1.02. The lowest BCUT2D eigenvalue weighted by molar-refractivity contribution is 0.0966. The summed E-state index contributed by atoms with van der Waals surface area (Å²) in [5, 5.41) is 0. The molecule has 82 valence electrons. The number of hydrogen-bond acceptors (Lipinski definition) is 2. The van der Waals surface area contributed by atoms with E-state index in [9.17, 15) is 4.79 Å². The van der Waals surface area contributed by atoms with Crippen LogP contribution in [0.3, 0.4) is 0 Å². The molecule has 0 unspecified atom stereocenters. The van der Waals surface area contributed by atoms with E-state index >= 15 is 0 Å². The van der Waals surface area contributed by atoms with E-state index in [1.807, 2.05) is 13.0 Å². The Kier molecular flexibility index (Phi) is 3.47. The van der Waals surface area contributed by atoms with Crippen molar-refractivity contribution in [2.24, 2.45) is 5.92 Å². The SMILES string of the molecule is Cc1cc(C(=O)CC2CCCC2)sc1Cl. The molecule has 0 spiro atoms. The fourth-order valence-electron chi connectivity index (χ4n) is 2.17. The van der Waals surface area contributed by atoms with E-state index < -0.39 is 0 Å². The quantitative estimate of drug-likeness (QED) is 0.715. The molecule has 0 amide bonds. The van der Waals surface area contributed by atoms with Crippen molar-refractivity contribution in [3.05, 3.63) is 20.8 Å². The van der Waals surface area contributed by atoms with Crippen LogP contribution < -0.4 is 0 Å². The summed E-state index contributed by atoms with van der Waals surface area (Å²) < 4.78 is 0.754. The molecule has 1 aliphatic carbocycles. The highest BCUT2D eigenvalue weighted by Crippen LogP contribution is 2.32. The molecule has 1 fully saturated rings. The second-order valence-electron chi connectivity index (χ2n) is 4.35. The Balaban J connectivity index is 2.00. The molecule has 0 bridgehead atoms. The fraction of sp³-hybridized carbons (Fsp3) is 0.583. The Bertz CT molecular complexity index is 344. The molecule has 0 saturated heterocycles. The van der Waals surface area contributed by atoms with Crippen LogP contribution in [0.5, 0.6) is 0 Å². The number of aryl methyl sites for hydroxylation is 1. The molecule has 1 aliphatic rings. The van der Waals surface area contributed by atoms with Gasteiger partial charge in [-0.15, -0.1) is 11.3 Å². The maximum absolute atomic E-state index is 11.9. The monoisotopic (exact) mass is 242 g/mol. The number of carbonyl (C=O) groups excluding carboxylic acids is 1. The summed E-state index contributed by atoms with van der Waals surface area (Å²) in [6.07, 6.45) is 5.76. The summed E-state index contributed by atoms with van der Waals surface area (Å²) >= 11 is 7.38. The van der Waals surface area contributed by atoms with Gasteiger partial charge in [0.25, 0.3) is 0 Å². The molecule has 2 rings (SSSR count). The zero-order valence-corrected chi connectivity index (χ0v) is 10.5. The van der Waals surface area contributed by atoms with Crippen molar-refractivity contribution in [1.82, 2.24) is 0 Å². The van der Waals surface area contributed by atoms with Gasteiger partial charge in [0.15, 0.2) is 5.78 Å². The highest BCUT2D eigenvalue weighted by Gasteiger charge is 2.20. The maximum Gasteiger partial charge on any atom is 0.173 e. The third-order valence-electron chi connectivity index (χ3n) is 3.08. The van der Waals surface area contributed by atoms with Gasteiger partial charge in [-0.1, -0.05) is 37.3 Å². The summed E-state index contributed by atoms with van der Waals surface area (Å²) in [6.45, 7) is 1.95. The molecule has 1 saturated carbocycles. The van der Waals surface area contributed by atoms with E-state index in [0.717, 1.165) is 21.2 Å². The summed E-state index contributed by atoms with van der Waals surface area (Å²) in [6, 6.07) is 1.92. The van der Waals surface area contributed by atoms with E-state index in [-0.39, 0.29) is 5.78 Å². The summed E-state index contributed by atoms with van der Waals surface area (Å²) in [7, 11) is 0. The molecule has 0 aromatic carbocycles. The van der Waals surface area contributed by atoms with Gasteiger partial charge in [0.1, 0.15) is 0 Å². The number of carbonyl (C=O) groups is 1. The number of halogens is 1. The van der Waals surface area contributed by atoms with E-state index in [0.29, 0.717) is 5.92 Å². The summed E-state index contributed by atoms with van der Waals surface area (Å²) in [5.74, 6) is 0.903. The minimum atomic E-state index is 0.280. The molecule has 0 aliphatic heterocycles. The van der Waals surface area contributed by atoms with Crippen LogP contribution in [0.15, 0.2) is 6.07 Å². The van der Waals surface area contributed by atoms with Crippen molar-refractivity contribution in [3.8, 4) is 0 Å². The molecular weight excluding hydrogens is 228 g/mol. The van der Waals surface area contributed by atoms with Gasteiger partial charge in [0, 0.05) is 6.42 Å². The number of rotatable bonds is 3. The van der Waals surface area contributed by atoms with Crippen LogP contribution in [-0.2, 0) is 0 Å². The lowest BCUT2D eigenvalue weighted by Gasteiger charge is -2.05. The number of ketones is 1. The zero-order valence-electron chi connectivity index (χ0n) is 8.88. The minimum Gasteiger partial charge on any atom is -0.293 e. The van der Waals surface area contributed by atoms with Gasteiger partial charge in [0.05, 0.1) is 9.21 Å². The van der Waals surface area contributed by atoms with Gasteiger partial charge in [-0.25, -0.2) is 0 Å². The van der Waals surface area contributed by atoms with Crippen molar-refractivity contribution < 1.29 is 4.79 Å². The van der Waals surface area contributed by atoms with Gasteiger partial charge in [0.2, 0.25) is 0 Å². The molecule has 1 aromatic heterocycles. The fourth-order valence-corrected chi connectivity index (χ4v) is 3.32. The Labute approximate surface area is 99.5 Å². The van der Waals surface area contributed by atoms with E-state index in [4.69, 9.17) is 11.6 Å². The van der Waals surface area contributed by atoms with Crippen LogP contribution in [0.25, 0.3) is 0 Å². The highest BCUT2D eigenvalue weighted by atomic mass is 35.5. The van der Waals surface area contributed by atoms with E-state index in [1.54, 1.807) is 0 Å². The molecule has 0 N–H and O–H groups in total. The predicted octanol–water partition coefficient (Wildman–Crippen LogP) is 4.47. The van der Waals surface area contributed by atoms with Gasteiger partial charge in [-0.05, 0) is 24.5 Å². The summed E-state index contributed by atoms with van der Waals surface area (Å²) in [4.78, 5) is 12.8. The first-order valence-corrected chi connectivity index (χ1v) is 6.65. The van der Waals surface area contributed by atoms with Crippen LogP contribution in [0.4, 0.5) is 0 Å². The Morgan fingerprint density at radius 1 is 1.53 bits per heavy atom. The Hall–Kier alpha value is -0.340. The van der Waals surface area contributed by atoms with Crippen molar-refractivity contribution in [1.29, 1.82) is 0 Å². The number of Topliss-reactive ketones (excluding diaryl/α,β-unsaturated/α-hetero) is 1. The van der Waals surface area contributed by atoms with Crippen LogP contribution in [0, 0.1) is 12.8 Å². The molecule has 1 heterocycles. The van der Waals surface area contributed by atoms with Gasteiger partial charge >= 0.3 is 0 Å². The second-order valence-corrected chi connectivity index (χ2v) is 6.00. The second kappa shape index (κ2) is 4.67. The largest absolute Gasteiger partial charge is 0.293 e. The Morgan fingerprint density at radius 2 is 2.20 bits per heavy atom. The number of thiophene rings is 1. The predicted molar refractivity (Wildman–Crippen MR) is 65.0 cm³/mol. The molecule has 1 nitrogen and oxygen atoms in total. The van der Waals surface area contributed by atoms with Crippen molar-refractivity contribution in [2.75, 3.05) is 0 Å². The van der Waals surface area contributed by atoms with Gasteiger partial charge < -0.3 is 0 Å². The first-order valence-electron chi connectivity index (χ1n) is 5.46. The van der Waals surface area contributed by atoms with Crippen LogP contribution in [0.1, 0.15) is 47.3 Å². The topological polar surface area (TPSA) is 17.1 Å². The lowest BCUT2D eigenvalue weighted by Crippen LogP contribution is -2.03. The minimum absolute atomic E-state index is 0.280. The first-order chi connectivity index (χ1) is 7.16. The Morgan fingerprint density at radius 3 is 2.73 bits per heavy atom. The molecule has 0 radical (unpaired) electrons. The van der Waals surface area contributed by atoms with Gasteiger partial charge in [-0.3, -0.25) is 4.79 Å². The normalized spacial score (nSPS) is 17.2. The third-order valence-corrected chi connectivity index (χ3v) is 4.68. The average molecular weight is 243 g/mol. The molecule has 0 atom stereocenters. The highest BCUT2D eigenvalue weighted by molar-refractivity contribution is 7.18. The molecule has 15 heavy (non-hydrogen) atoms. The van der Waals surface area contributed by atoms with E-state index in [2.05, 4.69) is 0 Å². The zero-order chi connectivity index (χ0) is 10.8. The smallest absolute Gasteiger partial charge is 0.173 e. The maximum atomic E-state index is 11.9. The van der Waals surface area contributed by atoms with Crippen LogP contribution >= 0.6 is 22.9 Å². The van der Waals surface area contributed by atoms with E-state index in [1.165, 1.54) is 37.0 Å². The van der Waals surface area contributed by atoms with Crippen LogP contribution in [0.2, 0.25) is 4.34 Å². The standard InChI is InChI=1S/C12H15ClOS/c1-8-6-11(15-12(8)13)10(14)7-9-4-2-3-5-9/h6,9H,2-5,7H2,1H3.